The molecule has 0 saturated heterocycles. The van der Waals surface area contributed by atoms with Crippen LogP contribution in [-0.2, 0) is 11.3 Å². The quantitative estimate of drug-likeness (QED) is 0.263. The fourth-order valence-corrected chi connectivity index (χ4v) is 5.12. The van der Waals surface area contributed by atoms with Crippen molar-refractivity contribution in [2.75, 3.05) is 10.6 Å². The molecule has 0 bridgehead atoms. The van der Waals surface area contributed by atoms with E-state index in [0.29, 0.717) is 11.4 Å². The highest BCUT2D eigenvalue weighted by Gasteiger charge is 2.38. The number of primary amides is 1. The first-order valence-electron chi connectivity index (χ1n) is 12.1. The topological polar surface area (TPSA) is 145 Å². The molecule has 0 fully saturated rings. The van der Waals surface area contributed by atoms with E-state index in [1.807, 2.05) is 60.7 Å². The largest absolute Gasteiger partial charge is 0.464 e. The Labute approximate surface area is 228 Å². The highest BCUT2D eigenvalue weighted by molar-refractivity contribution is 7.09. The number of benzene rings is 3. The Balaban J connectivity index is 1.67. The molecule has 5 N–H and O–H groups in total. The van der Waals surface area contributed by atoms with Crippen LogP contribution in [-0.4, -0.2) is 22.1 Å². The average Bonchev–Trinajstić information content (AvgIpc) is 3.55. The number of carbonyl (C=O) groups excluding carboxylic acids is 3. The Bertz CT molecular complexity index is 1670. The fourth-order valence-electron chi connectivity index (χ4n) is 4.38. The molecule has 3 amide bonds. The van der Waals surface area contributed by atoms with Crippen LogP contribution in [0.5, 0.6) is 0 Å². The van der Waals surface area contributed by atoms with Gasteiger partial charge >= 0.3 is 0 Å². The molecule has 10 heteroatoms. The number of anilines is 2. The first-order chi connectivity index (χ1) is 18.8. The highest BCUT2D eigenvalue weighted by atomic mass is 32.1. The van der Waals surface area contributed by atoms with Gasteiger partial charge in [-0.2, -0.15) is 4.37 Å². The summed E-state index contributed by atoms with van der Waals surface area (Å²) in [6.07, 6.45) is 0. The van der Waals surface area contributed by atoms with Crippen LogP contribution in [0.1, 0.15) is 43.3 Å². The second-order valence-corrected chi connectivity index (χ2v) is 9.64. The maximum Gasteiger partial charge on any atom is 0.273 e. The summed E-state index contributed by atoms with van der Waals surface area (Å²) < 4.78 is 9.92. The first-order valence-corrected chi connectivity index (χ1v) is 12.9. The maximum atomic E-state index is 14.3. The Kier molecular flexibility index (Phi) is 7.11. The fraction of sp³-hybridized carbons (Fsp3) is 0.103. The monoisotopic (exact) mass is 539 g/mol. The summed E-state index contributed by atoms with van der Waals surface area (Å²) in [7, 11) is 0. The van der Waals surface area contributed by atoms with Crippen molar-refractivity contribution < 1.29 is 18.8 Å². The molecule has 0 saturated carbocycles. The van der Waals surface area contributed by atoms with Crippen molar-refractivity contribution in [1.82, 2.24) is 9.69 Å². The van der Waals surface area contributed by atoms with Gasteiger partial charge in [-0.25, -0.2) is 0 Å². The van der Waals surface area contributed by atoms with Crippen LogP contribution < -0.4 is 21.7 Å². The molecule has 196 valence electrons. The lowest BCUT2D eigenvalue weighted by Gasteiger charge is -2.30. The van der Waals surface area contributed by atoms with E-state index >= 15 is 0 Å². The number of nitrogens with two attached hydrogens (primary N) is 2. The Morgan fingerprint density at radius 1 is 0.974 bits per heavy atom. The number of aryl methyl sites for hydroxylation is 1. The Morgan fingerprint density at radius 2 is 1.69 bits per heavy atom. The average molecular weight is 540 g/mol. The van der Waals surface area contributed by atoms with Gasteiger partial charge in [0, 0.05) is 11.9 Å². The van der Waals surface area contributed by atoms with E-state index in [-0.39, 0.29) is 28.6 Å². The van der Waals surface area contributed by atoms with E-state index in [0.717, 1.165) is 27.9 Å². The lowest BCUT2D eigenvalue weighted by atomic mass is 10.0. The molecule has 39 heavy (non-hydrogen) atoms. The molecule has 1 unspecified atom stereocenters. The van der Waals surface area contributed by atoms with Crippen molar-refractivity contribution >= 4 is 51.4 Å². The van der Waals surface area contributed by atoms with Gasteiger partial charge in [-0.3, -0.25) is 19.3 Å². The van der Waals surface area contributed by atoms with Crippen molar-refractivity contribution in [2.45, 2.75) is 19.5 Å². The van der Waals surface area contributed by atoms with Crippen LogP contribution in [0, 0.1) is 6.92 Å². The number of hydrogen-bond acceptors (Lipinski definition) is 7. The molecule has 5 rings (SSSR count). The first kappa shape index (κ1) is 25.7. The van der Waals surface area contributed by atoms with Crippen LogP contribution >= 0.6 is 11.5 Å². The molecule has 0 aliphatic carbocycles. The van der Waals surface area contributed by atoms with Gasteiger partial charge in [0.2, 0.25) is 0 Å². The summed E-state index contributed by atoms with van der Waals surface area (Å²) in [6.45, 7) is 1.99. The number of nitrogens with one attached hydrogen (secondary N) is 1. The van der Waals surface area contributed by atoms with Crippen molar-refractivity contribution in [1.29, 1.82) is 0 Å². The second-order valence-electron chi connectivity index (χ2n) is 8.87. The Hall–Kier alpha value is -4.96. The number of furan rings is 1. The van der Waals surface area contributed by atoms with E-state index in [4.69, 9.17) is 15.9 Å². The minimum Gasteiger partial charge on any atom is -0.464 e. The smallest absolute Gasteiger partial charge is 0.273 e. The predicted octanol–water partition coefficient (Wildman–Crippen LogP) is 4.58. The summed E-state index contributed by atoms with van der Waals surface area (Å²) >= 11 is 0.751. The van der Waals surface area contributed by atoms with Crippen molar-refractivity contribution in [3.8, 4) is 0 Å². The summed E-state index contributed by atoms with van der Waals surface area (Å²) in [6, 6.07) is 24.6. The SMILES string of the molecule is Cc1ccc(C(C(=O)NCc2ccccc2)N(C(=O)c2snc(C(N)=O)c2N)c2cccc3ccccc23)o1. The number of nitrogens with zero attached hydrogens (tertiary/aromatic N) is 2. The van der Waals surface area contributed by atoms with Gasteiger partial charge in [0.1, 0.15) is 16.4 Å². The number of fused-ring (bicyclic) bond motifs is 1. The van der Waals surface area contributed by atoms with Crippen LogP contribution in [0.15, 0.2) is 89.3 Å². The third-order valence-corrected chi connectivity index (χ3v) is 7.10. The number of carbonyl (C=O) groups is 3. The zero-order valence-corrected chi connectivity index (χ0v) is 21.8. The molecule has 0 aliphatic heterocycles. The van der Waals surface area contributed by atoms with E-state index < -0.39 is 23.8 Å². The van der Waals surface area contributed by atoms with E-state index in [2.05, 4.69) is 9.69 Å². The van der Waals surface area contributed by atoms with Gasteiger partial charge < -0.3 is 21.2 Å². The van der Waals surface area contributed by atoms with Crippen molar-refractivity contribution in [3.05, 3.63) is 113 Å². The van der Waals surface area contributed by atoms with Gasteiger partial charge in [-0.15, -0.1) is 0 Å². The van der Waals surface area contributed by atoms with Gasteiger partial charge in [0.15, 0.2) is 11.7 Å². The van der Waals surface area contributed by atoms with Crippen LogP contribution in [0.4, 0.5) is 11.4 Å². The molecule has 5 aromatic rings. The second kappa shape index (κ2) is 10.8. The van der Waals surface area contributed by atoms with Gasteiger partial charge in [-0.05, 0) is 47.6 Å². The summed E-state index contributed by atoms with van der Waals surface area (Å²) in [5, 5.41) is 4.53. The van der Waals surface area contributed by atoms with Crippen LogP contribution in [0.3, 0.4) is 0 Å². The van der Waals surface area contributed by atoms with Crippen molar-refractivity contribution in [2.24, 2.45) is 5.73 Å². The number of nitrogen functional groups attached to an aromatic ring is 1. The molecule has 0 spiro atoms. The molecule has 0 radical (unpaired) electrons. The van der Waals surface area contributed by atoms with Gasteiger partial charge in [-0.1, -0.05) is 66.7 Å². The lowest BCUT2D eigenvalue weighted by Crippen LogP contribution is -2.44. The van der Waals surface area contributed by atoms with Crippen molar-refractivity contribution in [3.63, 3.8) is 0 Å². The van der Waals surface area contributed by atoms with E-state index in [9.17, 15) is 14.4 Å². The zero-order chi connectivity index (χ0) is 27.5. The minimum atomic E-state index is -1.21. The van der Waals surface area contributed by atoms with Crippen LogP contribution in [0.2, 0.25) is 0 Å². The van der Waals surface area contributed by atoms with Gasteiger partial charge in [0.25, 0.3) is 17.7 Å². The Morgan fingerprint density at radius 3 is 2.38 bits per heavy atom. The molecular weight excluding hydrogens is 514 g/mol. The molecular formula is C29H25N5O4S. The lowest BCUT2D eigenvalue weighted by molar-refractivity contribution is -0.123. The van der Waals surface area contributed by atoms with Crippen LogP contribution in [0.25, 0.3) is 10.8 Å². The number of aromatic nitrogens is 1. The number of rotatable bonds is 8. The minimum absolute atomic E-state index is 0.0131. The normalized spacial score (nSPS) is 11.7. The highest BCUT2D eigenvalue weighted by Crippen LogP contribution is 2.37. The molecule has 0 aliphatic rings. The van der Waals surface area contributed by atoms with E-state index in [1.165, 1.54) is 4.90 Å². The molecule has 3 aromatic carbocycles. The predicted molar refractivity (Wildman–Crippen MR) is 150 cm³/mol. The zero-order valence-electron chi connectivity index (χ0n) is 21.0. The summed E-state index contributed by atoms with van der Waals surface area (Å²) in [4.78, 5) is 41.4. The van der Waals surface area contributed by atoms with Gasteiger partial charge in [0.05, 0.1) is 11.4 Å². The standard InChI is InChI=1S/C29H25N5O4S/c1-17-14-15-22(38-17)25(28(36)32-16-18-8-3-2-4-9-18)34(21-13-7-11-19-10-5-6-12-20(19)21)29(37)26-23(30)24(27(31)35)33-39-26/h2-15,25H,16,30H2,1H3,(H2,31,35)(H,32,36). The summed E-state index contributed by atoms with van der Waals surface area (Å²) in [5.74, 6) is -1.10. The maximum absolute atomic E-state index is 14.3. The number of hydrogen-bond donors (Lipinski definition) is 3. The van der Waals surface area contributed by atoms with E-state index in [1.54, 1.807) is 31.2 Å². The molecule has 2 aromatic heterocycles. The molecule has 9 nitrogen and oxygen atoms in total. The third-order valence-electron chi connectivity index (χ3n) is 6.25. The summed E-state index contributed by atoms with van der Waals surface area (Å²) in [5.41, 5.74) is 12.6. The molecule has 2 heterocycles. The third kappa shape index (κ3) is 5.10. The number of amides is 3. The molecule has 1 atom stereocenters.